The molecular formula is C30H26ClN5O2S. The molecule has 3 heterocycles. The Morgan fingerprint density at radius 1 is 0.923 bits per heavy atom. The number of thiazole rings is 1. The number of halogens is 1. The van der Waals surface area contributed by atoms with Crippen LogP contribution in [0.15, 0.2) is 95.1 Å². The van der Waals surface area contributed by atoms with Crippen LogP contribution in [0.1, 0.15) is 0 Å². The Hall–Kier alpha value is -3.98. The SMILES string of the molecule is O=C(CN1CCN(c2cc(=O)n(-c3ccccc3)c3ccccc23)CC1)Nc1nc(-c2ccc(Cl)cc2)cs1. The second kappa shape index (κ2) is 11.0. The Bertz CT molecular complexity index is 1680. The first kappa shape index (κ1) is 25.3. The maximum absolute atomic E-state index is 13.2. The number of nitrogens with one attached hydrogen (secondary N) is 1. The molecule has 7 nitrogen and oxygen atoms in total. The zero-order chi connectivity index (χ0) is 26.8. The Morgan fingerprint density at radius 2 is 1.64 bits per heavy atom. The lowest BCUT2D eigenvalue weighted by molar-refractivity contribution is -0.117. The maximum Gasteiger partial charge on any atom is 0.257 e. The second-order valence-electron chi connectivity index (χ2n) is 9.41. The highest BCUT2D eigenvalue weighted by molar-refractivity contribution is 7.14. The average molecular weight is 556 g/mol. The summed E-state index contributed by atoms with van der Waals surface area (Å²) < 4.78 is 1.76. The number of carbonyl (C=O) groups excluding carboxylic acids is 1. The molecule has 3 aromatic carbocycles. The summed E-state index contributed by atoms with van der Waals surface area (Å²) in [6.45, 7) is 3.18. The summed E-state index contributed by atoms with van der Waals surface area (Å²) in [5, 5.41) is 7.14. The van der Waals surface area contributed by atoms with E-state index in [9.17, 15) is 9.59 Å². The van der Waals surface area contributed by atoms with Crippen molar-refractivity contribution in [2.24, 2.45) is 0 Å². The zero-order valence-electron chi connectivity index (χ0n) is 21.1. The van der Waals surface area contributed by atoms with Gasteiger partial charge in [-0.2, -0.15) is 0 Å². The molecule has 0 spiro atoms. The van der Waals surface area contributed by atoms with Gasteiger partial charge in [0.1, 0.15) is 0 Å². The van der Waals surface area contributed by atoms with Gasteiger partial charge in [0, 0.05) is 59.3 Å². The molecule has 1 N–H and O–H groups in total. The minimum Gasteiger partial charge on any atom is -0.368 e. The fourth-order valence-corrected chi connectivity index (χ4v) is 5.82. The summed E-state index contributed by atoms with van der Waals surface area (Å²) in [7, 11) is 0. The largest absolute Gasteiger partial charge is 0.368 e. The number of hydrogen-bond donors (Lipinski definition) is 1. The van der Waals surface area contributed by atoms with Gasteiger partial charge in [-0.25, -0.2) is 4.98 Å². The van der Waals surface area contributed by atoms with E-state index in [0.29, 0.717) is 16.7 Å². The molecule has 6 rings (SSSR count). The summed E-state index contributed by atoms with van der Waals surface area (Å²) in [5.41, 5.74) is 4.37. The second-order valence-corrected chi connectivity index (χ2v) is 10.7. The monoisotopic (exact) mass is 555 g/mol. The average Bonchev–Trinajstić information content (AvgIpc) is 3.42. The highest BCUT2D eigenvalue weighted by Gasteiger charge is 2.22. The summed E-state index contributed by atoms with van der Waals surface area (Å²) in [6, 6.07) is 26.9. The van der Waals surface area contributed by atoms with Gasteiger partial charge in [-0.1, -0.05) is 60.1 Å². The van der Waals surface area contributed by atoms with Crippen molar-refractivity contribution < 1.29 is 4.79 Å². The van der Waals surface area contributed by atoms with Crippen molar-refractivity contribution in [1.82, 2.24) is 14.5 Å². The van der Waals surface area contributed by atoms with Crippen LogP contribution in [0.4, 0.5) is 10.8 Å². The van der Waals surface area contributed by atoms with Crippen molar-refractivity contribution >= 4 is 50.6 Å². The number of fused-ring (bicyclic) bond motifs is 1. The predicted molar refractivity (Wildman–Crippen MR) is 159 cm³/mol. The number of pyridine rings is 1. The molecule has 0 radical (unpaired) electrons. The minimum absolute atomic E-state index is 0.0573. The topological polar surface area (TPSA) is 70.5 Å². The highest BCUT2D eigenvalue weighted by Crippen LogP contribution is 2.28. The lowest BCUT2D eigenvalue weighted by Gasteiger charge is -2.36. The molecule has 196 valence electrons. The van der Waals surface area contributed by atoms with Crippen LogP contribution in [-0.2, 0) is 4.79 Å². The lowest BCUT2D eigenvalue weighted by atomic mass is 10.1. The van der Waals surface area contributed by atoms with Crippen LogP contribution in [0, 0.1) is 0 Å². The minimum atomic E-state index is -0.0867. The van der Waals surface area contributed by atoms with Crippen molar-refractivity contribution in [3.05, 3.63) is 106 Å². The van der Waals surface area contributed by atoms with Crippen molar-refractivity contribution in [2.45, 2.75) is 0 Å². The molecule has 39 heavy (non-hydrogen) atoms. The lowest BCUT2D eigenvalue weighted by Crippen LogP contribution is -2.49. The van der Waals surface area contributed by atoms with Gasteiger partial charge < -0.3 is 10.2 Å². The zero-order valence-corrected chi connectivity index (χ0v) is 22.7. The third kappa shape index (κ3) is 5.45. The highest BCUT2D eigenvalue weighted by atomic mass is 35.5. The fourth-order valence-electron chi connectivity index (χ4n) is 4.96. The van der Waals surface area contributed by atoms with E-state index in [1.165, 1.54) is 11.3 Å². The van der Waals surface area contributed by atoms with Crippen LogP contribution < -0.4 is 15.8 Å². The van der Waals surface area contributed by atoms with E-state index in [2.05, 4.69) is 26.2 Å². The number of carbonyl (C=O) groups is 1. The fraction of sp³-hybridized carbons (Fsp3) is 0.167. The number of nitrogens with zero attached hydrogens (tertiary/aromatic N) is 4. The third-order valence-electron chi connectivity index (χ3n) is 6.89. The van der Waals surface area contributed by atoms with Crippen molar-refractivity contribution in [2.75, 3.05) is 42.9 Å². The van der Waals surface area contributed by atoms with Gasteiger partial charge in [-0.15, -0.1) is 11.3 Å². The molecule has 1 aliphatic rings. The van der Waals surface area contributed by atoms with E-state index in [1.54, 1.807) is 10.6 Å². The predicted octanol–water partition coefficient (Wildman–Crippen LogP) is 5.53. The quantitative estimate of drug-likeness (QED) is 0.298. The summed E-state index contributed by atoms with van der Waals surface area (Å²) in [5.74, 6) is -0.0867. The molecule has 1 aliphatic heterocycles. The third-order valence-corrected chi connectivity index (χ3v) is 7.90. The number of para-hydroxylation sites is 2. The summed E-state index contributed by atoms with van der Waals surface area (Å²) >= 11 is 7.38. The van der Waals surface area contributed by atoms with E-state index < -0.39 is 0 Å². The number of amides is 1. The van der Waals surface area contributed by atoms with Gasteiger partial charge in [0.05, 0.1) is 23.4 Å². The molecule has 0 aliphatic carbocycles. The van der Waals surface area contributed by atoms with E-state index in [0.717, 1.165) is 59.7 Å². The Kier molecular flexibility index (Phi) is 7.15. The van der Waals surface area contributed by atoms with Gasteiger partial charge in [-0.3, -0.25) is 19.1 Å². The van der Waals surface area contributed by atoms with Crippen molar-refractivity contribution in [3.8, 4) is 16.9 Å². The molecule has 2 aromatic heterocycles. The molecule has 0 saturated carbocycles. The number of benzene rings is 3. The van der Waals surface area contributed by atoms with Crippen LogP contribution >= 0.6 is 22.9 Å². The van der Waals surface area contributed by atoms with Gasteiger partial charge in [-0.05, 0) is 30.3 Å². The van der Waals surface area contributed by atoms with Crippen LogP contribution in [0.2, 0.25) is 5.02 Å². The standard InChI is InChI=1S/C30H26ClN5O2S/c31-22-12-10-21(11-13-22)25-20-39-30(32-25)33-28(37)19-34-14-16-35(17-15-34)27-18-29(38)36(23-6-2-1-3-7-23)26-9-5-4-8-24(26)27/h1-13,18,20H,14-17,19H2,(H,32,33,37). The molecule has 5 aromatic rings. The Morgan fingerprint density at radius 3 is 2.41 bits per heavy atom. The van der Waals surface area contributed by atoms with Crippen LogP contribution in [0.3, 0.4) is 0 Å². The molecule has 1 saturated heterocycles. The smallest absolute Gasteiger partial charge is 0.257 e. The molecule has 0 atom stereocenters. The number of anilines is 2. The molecular weight excluding hydrogens is 530 g/mol. The number of aromatic nitrogens is 2. The first-order chi connectivity index (χ1) is 19.0. The first-order valence-corrected chi connectivity index (χ1v) is 14.0. The van der Waals surface area contributed by atoms with E-state index >= 15 is 0 Å². The maximum atomic E-state index is 13.2. The molecule has 9 heteroatoms. The summed E-state index contributed by atoms with van der Waals surface area (Å²) in [6.07, 6.45) is 0. The Balaban J connectivity index is 1.11. The molecule has 0 unspecified atom stereocenters. The van der Waals surface area contributed by atoms with Gasteiger partial charge in [0.2, 0.25) is 5.91 Å². The van der Waals surface area contributed by atoms with Crippen molar-refractivity contribution in [3.63, 3.8) is 0 Å². The molecule has 1 fully saturated rings. The van der Waals surface area contributed by atoms with Crippen molar-refractivity contribution in [1.29, 1.82) is 0 Å². The van der Waals surface area contributed by atoms with E-state index in [1.807, 2.05) is 78.2 Å². The van der Waals surface area contributed by atoms with Gasteiger partial charge >= 0.3 is 0 Å². The van der Waals surface area contributed by atoms with E-state index in [-0.39, 0.29) is 11.5 Å². The molecule has 0 bridgehead atoms. The van der Waals surface area contributed by atoms with Crippen LogP contribution in [0.5, 0.6) is 0 Å². The van der Waals surface area contributed by atoms with Crippen LogP contribution in [-0.4, -0.2) is 53.1 Å². The number of piperazine rings is 1. The van der Waals surface area contributed by atoms with Gasteiger partial charge in [0.15, 0.2) is 5.13 Å². The van der Waals surface area contributed by atoms with Gasteiger partial charge in [0.25, 0.3) is 5.56 Å². The van der Waals surface area contributed by atoms with Crippen LogP contribution in [0.25, 0.3) is 27.8 Å². The normalized spacial score (nSPS) is 14.0. The molecule has 1 amide bonds. The Labute approximate surface area is 234 Å². The first-order valence-electron chi connectivity index (χ1n) is 12.7. The number of rotatable bonds is 6. The number of hydrogen-bond acceptors (Lipinski definition) is 6. The van der Waals surface area contributed by atoms with E-state index in [4.69, 9.17) is 11.6 Å². The summed E-state index contributed by atoms with van der Waals surface area (Å²) in [4.78, 5) is 34.9.